The number of thioether (sulfide) groups is 1. The third kappa shape index (κ3) is 5.42. The zero-order valence-corrected chi connectivity index (χ0v) is 13.0. The molecule has 1 aliphatic carbocycles. The number of benzene rings is 1. The number of carboxylic acid groups (broad SMARTS) is 1. The van der Waals surface area contributed by atoms with Crippen molar-refractivity contribution in [3.63, 3.8) is 0 Å². The monoisotopic (exact) mass is 307 g/mol. The van der Waals surface area contributed by atoms with Crippen LogP contribution in [0.2, 0.25) is 0 Å². The molecule has 1 amide bonds. The Morgan fingerprint density at radius 2 is 1.95 bits per heavy atom. The van der Waals surface area contributed by atoms with Gasteiger partial charge in [-0.3, -0.25) is 9.59 Å². The predicted molar refractivity (Wildman–Crippen MR) is 84.3 cm³/mol. The number of rotatable bonds is 8. The Bertz CT molecular complexity index is 509. The zero-order chi connectivity index (χ0) is 15.3. The molecule has 0 atom stereocenters. The molecule has 1 aliphatic rings. The van der Waals surface area contributed by atoms with Crippen molar-refractivity contribution < 1.29 is 14.7 Å². The van der Waals surface area contributed by atoms with E-state index in [1.54, 1.807) is 0 Å². The summed E-state index contributed by atoms with van der Waals surface area (Å²) in [4.78, 5) is 22.5. The Hall–Kier alpha value is -1.49. The number of hydrogen-bond donors (Lipinski definition) is 2. The molecule has 4 nitrogen and oxygen atoms in total. The van der Waals surface area contributed by atoms with Crippen LogP contribution in [0.25, 0.3) is 0 Å². The molecule has 0 spiro atoms. The number of carboxylic acids is 1. The first-order valence-corrected chi connectivity index (χ1v) is 8.26. The fourth-order valence-electron chi connectivity index (χ4n) is 2.19. The van der Waals surface area contributed by atoms with E-state index >= 15 is 0 Å². The molecule has 114 valence electrons. The molecule has 1 aromatic carbocycles. The average molecular weight is 307 g/mol. The van der Waals surface area contributed by atoms with Crippen LogP contribution >= 0.6 is 11.8 Å². The van der Waals surface area contributed by atoms with Gasteiger partial charge in [0.05, 0.1) is 12.2 Å². The minimum atomic E-state index is -0.739. The van der Waals surface area contributed by atoms with Crippen LogP contribution in [0.3, 0.4) is 0 Å². The van der Waals surface area contributed by atoms with Gasteiger partial charge in [0, 0.05) is 6.54 Å². The number of aryl methyl sites for hydroxylation is 1. The average Bonchev–Trinajstić information content (AvgIpc) is 3.17. The number of nitrogens with one attached hydrogen (secondary N) is 1. The van der Waals surface area contributed by atoms with Crippen LogP contribution in [0.4, 0.5) is 0 Å². The summed E-state index contributed by atoms with van der Waals surface area (Å²) < 4.78 is 0. The maximum absolute atomic E-state index is 11.8. The van der Waals surface area contributed by atoms with Crippen LogP contribution < -0.4 is 5.32 Å². The highest BCUT2D eigenvalue weighted by molar-refractivity contribution is 7.99. The molecule has 0 heterocycles. The molecule has 0 radical (unpaired) electrons. The Morgan fingerprint density at radius 3 is 2.52 bits per heavy atom. The predicted octanol–water partition coefficient (Wildman–Crippen LogP) is 2.60. The number of hydrogen-bond acceptors (Lipinski definition) is 3. The molecule has 21 heavy (non-hydrogen) atoms. The quantitative estimate of drug-likeness (QED) is 0.775. The SMILES string of the molecule is Cc1ccc(CNC(=O)CSCC2(CC(=O)O)CC2)cc1. The molecule has 2 rings (SSSR count). The summed E-state index contributed by atoms with van der Waals surface area (Å²) in [7, 11) is 0. The van der Waals surface area contributed by atoms with E-state index in [-0.39, 0.29) is 17.7 Å². The minimum absolute atomic E-state index is 0.00620. The summed E-state index contributed by atoms with van der Waals surface area (Å²) in [5.74, 6) is 0.424. The van der Waals surface area contributed by atoms with Crippen molar-refractivity contribution in [3.05, 3.63) is 35.4 Å². The third-order valence-electron chi connectivity index (χ3n) is 3.74. The molecule has 5 heteroatoms. The second kappa shape index (κ2) is 6.98. The molecular formula is C16H21NO3S. The van der Waals surface area contributed by atoms with E-state index in [4.69, 9.17) is 5.11 Å². The van der Waals surface area contributed by atoms with Gasteiger partial charge in [0.25, 0.3) is 0 Å². The molecule has 0 aromatic heterocycles. The smallest absolute Gasteiger partial charge is 0.303 e. The molecule has 0 unspecified atom stereocenters. The Balaban J connectivity index is 1.64. The maximum atomic E-state index is 11.8. The van der Waals surface area contributed by atoms with Crippen molar-refractivity contribution in [1.82, 2.24) is 5.32 Å². The van der Waals surface area contributed by atoms with E-state index < -0.39 is 5.97 Å². The normalized spacial score (nSPS) is 15.5. The summed E-state index contributed by atoms with van der Waals surface area (Å²) >= 11 is 1.54. The Kier molecular flexibility index (Phi) is 5.28. The Morgan fingerprint density at radius 1 is 1.29 bits per heavy atom. The number of amides is 1. The van der Waals surface area contributed by atoms with Crippen molar-refractivity contribution in [2.75, 3.05) is 11.5 Å². The lowest BCUT2D eigenvalue weighted by molar-refractivity contribution is -0.138. The van der Waals surface area contributed by atoms with Crippen molar-refractivity contribution in [2.24, 2.45) is 5.41 Å². The van der Waals surface area contributed by atoms with E-state index in [0.29, 0.717) is 12.3 Å². The van der Waals surface area contributed by atoms with Crippen LogP contribution in [0, 0.1) is 12.3 Å². The first kappa shape index (κ1) is 15.9. The maximum Gasteiger partial charge on any atom is 0.303 e. The molecule has 0 saturated heterocycles. The molecule has 0 aliphatic heterocycles. The number of aliphatic carboxylic acids is 1. The summed E-state index contributed by atoms with van der Waals surface area (Å²) in [6.45, 7) is 2.57. The zero-order valence-electron chi connectivity index (χ0n) is 12.2. The molecular weight excluding hydrogens is 286 g/mol. The highest BCUT2D eigenvalue weighted by Gasteiger charge is 2.44. The number of carbonyl (C=O) groups is 2. The topological polar surface area (TPSA) is 66.4 Å². The van der Waals surface area contributed by atoms with Crippen LogP contribution in [0.5, 0.6) is 0 Å². The van der Waals surface area contributed by atoms with Crippen LogP contribution in [-0.2, 0) is 16.1 Å². The van der Waals surface area contributed by atoms with Gasteiger partial charge in [-0.1, -0.05) is 29.8 Å². The third-order valence-corrected chi connectivity index (χ3v) is 5.02. The largest absolute Gasteiger partial charge is 0.481 e. The summed E-state index contributed by atoms with van der Waals surface area (Å²) in [5, 5.41) is 11.7. The molecule has 1 fully saturated rings. The van der Waals surface area contributed by atoms with Crippen LogP contribution in [-0.4, -0.2) is 28.5 Å². The van der Waals surface area contributed by atoms with E-state index in [2.05, 4.69) is 5.32 Å². The second-order valence-electron chi connectivity index (χ2n) is 5.83. The van der Waals surface area contributed by atoms with Gasteiger partial charge in [0.15, 0.2) is 0 Å². The minimum Gasteiger partial charge on any atom is -0.481 e. The molecule has 0 bridgehead atoms. The van der Waals surface area contributed by atoms with Gasteiger partial charge in [0.2, 0.25) is 5.91 Å². The first-order chi connectivity index (χ1) is 9.99. The second-order valence-corrected chi connectivity index (χ2v) is 6.81. The summed E-state index contributed by atoms with van der Waals surface area (Å²) in [5.41, 5.74) is 2.24. The van der Waals surface area contributed by atoms with Crippen molar-refractivity contribution in [2.45, 2.75) is 32.7 Å². The highest BCUT2D eigenvalue weighted by Crippen LogP contribution is 2.50. The Labute approximate surface area is 129 Å². The summed E-state index contributed by atoms with van der Waals surface area (Å²) in [6.07, 6.45) is 2.17. The lowest BCUT2D eigenvalue weighted by Crippen LogP contribution is -2.25. The first-order valence-electron chi connectivity index (χ1n) is 7.11. The highest BCUT2D eigenvalue weighted by atomic mass is 32.2. The fourth-order valence-corrected chi connectivity index (χ4v) is 3.40. The van der Waals surface area contributed by atoms with Crippen molar-refractivity contribution in [1.29, 1.82) is 0 Å². The van der Waals surface area contributed by atoms with Gasteiger partial charge in [0.1, 0.15) is 0 Å². The number of carbonyl (C=O) groups excluding carboxylic acids is 1. The lowest BCUT2D eigenvalue weighted by Gasteiger charge is -2.11. The van der Waals surface area contributed by atoms with Gasteiger partial charge in [-0.15, -0.1) is 0 Å². The van der Waals surface area contributed by atoms with E-state index in [1.165, 1.54) is 17.3 Å². The van der Waals surface area contributed by atoms with E-state index in [1.807, 2.05) is 31.2 Å². The lowest BCUT2D eigenvalue weighted by atomic mass is 10.1. The molecule has 1 aromatic rings. The van der Waals surface area contributed by atoms with Crippen molar-refractivity contribution in [3.8, 4) is 0 Å². The van der Waals surface area contributed by atoms with Crippen LogP contribution in [0.1, 0.15) is 30.4 Å². The van der Waals surface area contributed by atoms with Gasteiger partial charge in [-0.2, -0.15) is 11.8 Å². The molecule has 1 saturated carbocycles. The van der Waals surface area contributed by atoms with Crippen molar-refractivity contribution >= 4 is 23.6 Å². The standard InChI is InChI=1S/C16H21NO3S/c1-12-2-4-13(5-3-12)9-17-14(18)10-21-11-16(6-7-16)8-15(19)20/h2-5H,6-11H2,1H3,(H,17,18)(H,19,20). The van der Waals surface area contributed by atoms with Gasteiger partial charge in [-0.25, -0.2) is 0 Å². The van der Waals surface area contributed by atoms with E-state index in [0.717, 1.165) is 24.2 Å². The molecule has 2 N–H and O–H groups in total. The van der Waals surface area contributed by atoms with Crippen LogP contribution in [0.15, 0.2) is 24.3 Å². The summed E-state index contributed by atoms with van der Waals surface area (Å²) in [6, 6.07) is 8.07. The van der Waals surface area contributed by atoms with Gasteiger partial charge >= 0.3 is 5.97 Å². The van der Waals surface area contributed by atoms with Gasteiger partial charge < -0.3 is 10.4 Å². The fraction of sp³-hybridized carbons (Fsp3) is 0.500. The van der Waals surface area contributed by atoms with Gasteiger partial charge in [-0.05, 0) is 36.5 Å². The van der Waals surface area contributed by atoms with E-state index in [9.17, 15) is 9.59 Å².